The fraction of sp³-hybridized carbons (Fsp3) is 0.0714. The van der Waals surface area contributed by atoms with Crippen molar-refractivity contribution in [3.05, 3.63) is 64.7 Å². The molecular formula is C14H9BrF3N. The molecule has 0 aliphatic rings. The Balaban J connectivity index is 2.34. The van der Waals surface area contributed by atoms with E-state index < -0.39 is 17.5 Å². The number of benzene rings is 1. The van der Waals surface area contributed by atoms with Crippen molar-refractivity contribution in [3.63, 3.8) is 0 Å². The van der Waals surface area contributed by atoms with Crippen LogP contribution in [0.1, 0.15) is 16.8 Å². The second kappa shape index (κ2) is 6.02. The summed E-state index contributed by atoms with van der Waals surface area (Å²) < 4.78 is 39.9. The zero-order valence-corrected chi connectivity index (χ0v) is 11.3. The largest absolute Gasteiger partial charge is 0.257 e. The lowest BCUT2D eigenvalue weighted by atomic mass is 10.1. The van der Waals surface area contributed by atoms with Crippen LogP contribution < -0.4 is 0 Å². The summed E-state index contributed by atoms with van der Waals surface area (Å²) in [5.74, 6) is -1.62. The van der Waals surface area contributed by atoms with Gasteiger partial charge in [0.1, 0.15) is 17.5 Å². The Bertz CT molecular complexity index is 626. The minimum atomic E-state index is -0.562. The van der Waals surface area contributed by atoms with E-state index in [1.54, 1.807) is 0 Å². The lowest BCUT2D eigenvalue weighted by Crippen LogP contribution is -1.90. The molecule has 1 heterocycles. The number of pyridine rings is 1. The molecule has 0 aliphatic heterocycles. The van der Waals surface area contributed by atoms with Gasteiger partial charge in [0, 0.05) is 16.5 Å². The van der Waals surface area contributed by atoms with E-state index in [2.05, 4.69) is 20.9 Å². The van der Waals surface area contributed by atoms with Gasteiger partial charge in [-0.25, -0.2) is 13.2 Å². The van der Waals surface area contributed by atoms with Crippen LogP contribution in [0, 0.1) is 17.5 Å². The molecule has 0 saturated heterocycles. The van der Waals surface area contributed by atoms with E-state index in [1.807, 2.05) is 0 Å². The molecule has 0 spiro atoms. The highest BCUT2D eigenvalue weighted by molar-refractivity contribution is 9.08. The molecule has 0 aliphatic carbocycles. The van der Waals surface area contributed by atoms with Gasteiger partial charge in [-0.1, -0.05) is 28.1 Å². The first-order valence-corrected chi connectivity index (χ1v) is 6.56. The van der Waals surface area contributed by atoms with Crippen molar-refractivity contribution >= 4 is 28.1 Å². The monoisotopic (exact) mass is 327 g/mol. The van der Waals surface area contributed by atoms with Crippen LogP contribution in [0.25, 0.3) is 12.2 Å². The van der Waals surface area contributed by atoms with E-state index in [-0.39, 0.29) is 11.1 Å². The van der Waals surface area contributed by atoms with Crippen LogP contribution in [0.4, 0.5) is 13.2 Å². The Hall–Kier alpha value is -1.62. The van der Waals surface area contributed by atoms with Crippen molar-refractivity contribution in [3.8, 4) is 0 Å². The van der Waals surface area contributed by atoms with E-state index in [0.29, 0.717) is 11.0 Å². The SMILES string of the molecule is Fc1ccc(F)c(C=Cc2cc(CBr)ncc2F)c1. The lowest BCUT2D eigenvalue weighted by molar-refractivity contribution is 0.598. The Labute approximate surface area is 116 Å². The van der Waals surface area contributed by atoms with Gasteiger partial charge in [-0.2, -0.15) is 0 Å². The molecule has 0 saturated carbocycles. The zero-order valence-electron chi connectivity index (χ0n) is 9.71. The average Bonchev–Trinajstić information content (AvgIpc) is 2.41. The Kier molecular flexibility index (Phi) is 4.37. The van der Waals surface area contributed by atoms with Crippen molar-refractivity contribution in [2.45, 2.75) is 5.33 Å². The number of aromatic nitrogens is 1. The van der Waals surface area contributed by atoms with Crippen molar-refractivity contribution in [1.29, 1.82) is 0 Å². The summed E-state index contributed by atoms with van der Waals surface area (Å²) in [6, 6.07) is 4.65. The average molecular weight is 328 g/mol. The topological polar surface area (TPSA) is 12.9 Å². The fourth-order valence-electron chi connectivity index (χ4n) is 1.52. The van der Waals surface area contributed by atoms with Gasteiger partial charge < -0.3 is 0 Å². The molecule has 1 nitrogen and oxygen atoms in total. The van der Waals surface area contributed by atoms with Gasteiger partial charge in [-0.3, -0.25) is 4.98 Å². The van der Waals surface area contributed by atoms with Gasteiger partial charge in [0.25, 0.3) is 0 Å². The molecule has 2 aromatic rings. The predicted octanol–water partition coefficient (Wildman–Crippen LogP) is 4.56. The van der Waals surface area contributed by atoms with Crippen molar-refractivity contribution in [1.82, 2.24) is 4.98 Å². The zero-order chi connectivity index (χ0) is 13.8. The quantitative estimate of drug-likeness (QED) is 0.753. The molecule has 5 heteroatoms. The van der Waals surface area contributed by atoms with Crippen LogP contribution in [-0.4, -0.2) is 4.98 Å². The molecule has 0 atom stereocenters. The maximum Gasteiger partial charge on any atom is 0.148 e. The van der Waals surface area contributed by atoms with E-state index in [4.69, 9.17) is 0 Å². The number of rotatable bonds is 3. The number of hydrogen-bond donors (Lipinski definition) is 0. The van der Waals surface area contributed by atoms with Crippen molar-refractivity contribution in [2.75, 3.05) is 0 Å². The fourth-order valence-corrected chi connectivity index (χ4v) is 1.83. The lowest BCUT2D eigenvalue weighted by Gasteiger charge is -2.00. The highest BCUT2D eigenvalue weighted by Gasteiger charge is 2.03. The van der Waals surface area contributed by atoms with Gasteiger partial charge in [0.2, 0.25) is 0 Å². The molecule has 0 amide bonds. The maximum absolute atomic E-state index is 13.5. The minimum absolute atomic E-state index is 0.0663. The summed E-state index contributed by atoms with van der Waals surface area (Å²) in [4.78, 5) is 3.85. The van der Waals surface area contributed by atoms with Gasteiger partial charge in [-0.05, 0) is 24.3 Å². The molecule has 98 valence electrons. The molecular weight excluding hydrogens is 319 g/mol. The number of halogens is 4. The molecule has 2 rings (SSSR count). The standard InChI is InChI=1S/C14H9BrF3N/c15-7-12-6-10(14(18)8-19-12)2-1-9-5-11(16)3-4-13(9)17/h1-6,8H,7H2. The summed E-state index contributed by atoms with van der Waals surface area (Å²) in [6.45, 7) is 0. The van der Waals surface area contributed by atoms with Crippen LogP contribution in [-0.2, 0) is 5.33 Å². The molecule has 1 aromatic carbocycles. The van der Waals surface area contributed by atoms with Crippen molar-refractivity contribution < 1.29 is 13.2 Å². The second-order valence-corrected chi connectivity index (χ2v) is 4.39. The maximum atomic E-state index is 13.5. The number of hydrogen-bond acceptors (Lipinski definition) is 1. The summed E-state index contributed by atoms with van der Waals surface area (Å²) in [5, 5.41) is 0.489. The van der Waals surface area contributed by atoms with Gasteiger partial charge in [0.05, 0.1) is 11.9 Å². The molecule has 0 N–H and O–H groups in total. The third-order valence-electron chi connectivity index (χ3n) is 2.48. The molecule has 0 unspecified atom stereocenters. The first kappa shape index (κ1) is 13.8. The van der Waals surface area contributed by atoms with E-state index in [1.165, 1.54) is 18.2 Å². The first-order chi connectivity index (χ1) is 9.10. The molecule has 0 radical (unpaired) electrons. The van der Waals surface area contributed by atoms with E-state index in [0.717, 1.165) is 24.4 Å². The highest BCUT2D eigenvalue weighted by Crippen LogP contribution is 2.16. The number of nitrogens with zero attached hydrogens (tertiary/aromatic N) is 1. The summed E-state index contributed by atoms with van der Waals surface area (Å²) in [6.07, 6.45) is 3.81. The summed E-state index contributed by atoms with van der Waals surface area (Å²) >= 11 is 3.21. The van der Waals surface area contributed by atoms with Gasteiger partial charge >= 0.3 is 0 Å². The number of alkyl halides is 1. The summed E-state index contributed by atoms with van der Waals surface area (Å²) in [7, 11) is 0. The molecule has 0 fully saturated rings. The van der Waals surface area contributed by atoms with Crippen LogP contribution in [0.15, 0.2) is 30.5 Å². The third kappa shape index (κ3) is 3.44. The molecule has 19 heavy (non-hydrogen) atoms. The van der Waals surface area contributed by atoms with Crippen molar-refractivity contribution in [2.24, 2.45) is 0 Å². The van der Waals surface area contributed by atoms with Gasteiger partial charge in [0.15, 0.2) is 0 Å². The Morgan fingerprint density at radius 2 is 1.68 bits per heavy atom. The summed E-state index contributed by atoms with van der Waals surface area (Å²) in [5.41, 5.74) is 0.991. The van der Waals surface area contributed by atoms with Crippen LogP contribution in [0.5, 0.6) is 0 Å². The van der Waals surface area contributed by atoms with Crippen LogP contribution in [0.3, 0.4) is 0 Å². The Morgan fingerprint density at radius 1 is 1.00 bits per heavy atom. The van der Waals surface area contributed by atoms with E-state index in [9.17, 15) is 13.2 Å². The molecule has 0 bridgehead atoms. The van der Waals surface area contributed by atoms with E-state index >= 15 is 0 Å². The highest BCUT2D eigenvalue weighted by atomic mass is 79.9. The second-order valence-electron chi connectivity index (χ2n) is 3.83. The smallest absolute Gasteiger partial charge is 0.148 e. The Morgan fingerprint density at radius 3 is 2.37 bits per heavy atom. The normalized spacial score (nSPS) is 11.2. The first-order valence-electron chi connectivity index (χ1n) is 5.43. The van der Waals surface area contributed by atoms with Gasteiger partial charge in [-0.15, -0.1) is 0 Å². The van der Waals surface area contributed by atoms with Crippen LogP contribution >= 0.6 is 15.9 Å². The minimum Gasteiger partial charge on any atom is -0.257 e. The molecule has 1 aromatic heterocycles. The predicted molar refractivity (Wildman–Crippen MR) is 72.1 cm³/mol. The third-order valence-corrected chi connectivity index (χ3v) is 3.05. The van der Waals surface area contributed by atoms with Crippen LogP contribution in [0.2, 0.25) is 0 Å².